The van der Waals surface area contributed by atoms with Gasteiger partial charge in [0, 0.05) is 25.5 Å². The zero-order valence-electron chi connectivity index (χ0n) is 19.8. The Morgan fingerprint density at radius 2 is 0.971 bits per heavy atom. The molecule has 4 aromatic rings. The van der Waals surface area contributed by atoms with E-state index in [4.69, 9.17) is 9.47 Å². The van der Waals surface area contributed by atoms with Crippen LogP contribution >= 0.6 is 0 Å². The van der Waals surface area contributed by atoms with Gasteiger partial charge in [-0.05, 0) is 71.1 Å². The first kappa shape index (κ1) is 21.9. The van der Waals surface area contributed by atoms with Crippen molar-refractivity contribution in [2.45, 2.75) is 12.8 Å². The third-order valence-corrected chi connectivity index (χ3v) is 6.49. The average Bonchev–Trinajstić information content (AvgIpc) is 2.90. The molecule has 0 N–H and O–H groups in total. The molecular formula is C30H30N2O2. The van der Waals surface area contributed by atoms with Gasteiger partial charge in [-0.25, -0.2) is 0 Å². The minimum Gasteiger partial charge on any atom is -0.497 e. The smallest absolute Gasteiger partial charge is 0.118 e. The summed E-state index contributed by atoms with van der Waals surface area (Å²) in [4.78, 5) is 4.74. The summed E-state index contributed by atoms with van der Waals surface area (Å²) < 4.78 is 10.6. The van der Waals surface area contributed by atoms with Crippen molar-refractivity contribution in [2.24, 2.45) is 0 Å². The fourth-order valence-corrected chi connectivity index (χ4v) is 4.47. The second-order valence-corrected chi connectivity index (χ2v) is 8.57. The average molecular weight is 451 g/mol. The van der Waals surface area contributed by atoms with Crippen LogP contribution in [-0.4, -0.2) is 27.3 Å². The summed E-state index contributed by atoms with van der Waals surface area (Å²) in [5, 5.41) is 2.53. The molecule has 0 aromatic heterocycles. The van der Waals surface area contributed by atoms with Crippen LogP contribution in [0.4, 0.5) is 11.4 Å². The molecule has 34 heavy (non-hydrogen) atoms. The highest BCUT2D eigenvalue weighted by Crippen LogP contribution is 2.37. The third kappa shape index (κ3) is 4.72. The molecule has 4 aromatic carbocycles. The second-order valence-electron chi connectivity index (χ2n) is 8.57. The highest BCUT2D eigenvalue weighted by molar-refractivity contribution is 5.94. The van der Waals surface area contributed by atoms with Crippen molar-refractivity contribution in [1.29, 1.82) is 0 Å². The lowest BCUT2D eigenvalue weighted by Gasteiger charge is -2.34. The zero-order valence-corrected chi connectivity index (χ0v) is 19.8. The summed E-state index contributed by atoms with van der Waals surface area (Å²) in [6, 6.07) is 30.0. The van der Waals surface area contributed by atoms with E-state index in [-0.39, 0.29) is 0 Å². The van der Waals surface area contributed by atoms with E-state index < -0.39 is 0 Å². The Morgan fingerprint density at radius 3 is 1.35 bits per heavy atom. The molecular weight excluding hydrogens is 420 g/mol. The van der Waals surface area contributed by atoms with E-state index in [1.807, 2.05) is 24.3 Å². The Morgan fingerprint density at radius 1 is 0.559 bits per heavy atom. The molecule has 0 bridgehead atoms. The first-order valence-electron chi connectivity index (χ1n) is 11.7. The van der Waals surface area contributed by atoms with Gasteiger partial charge >= 0.3 is 0 Å². The topological polar surface area (TPSA) is 24.9 Å². The fourth-order valence-electron chi connectivity index (χ4n) is 4.47. The van der Waals surface area contributed by atoms with Crippen LogP contribution < -0.4 is 19.3 Å². The van der Waals surface area contributed by atoms with Gasteiger partial charge in [-0.2, -0.15) is 0 Å². The van der Waals surface area contributed by atoms with E-state index in [2.05, 4.69) is 82.9 Å². The fraction of sp³-hybridized carbons (Fsp3) is 0.200. The molecule has 0 saturated heterocycles. The van der Waals surface area contributed by atoms with E-state index in [0.717, 1.165) is 37.4 Å². The van der Waals surface area contributed by atoms with Crippen LogP contribution in [-0.2, 0) is 12.8 Å². The van der Waals surface area contributed by atoms with E-state index in [9.17, 15) is 0 Å². The number of ether oxygens (including phenoxy) is 2. The zero-order chi connectivity index (χ0) is 23.3. The van der Waals surface area contributed by atoms with Crippen molar-refractivity contribution in [3.63, 3.8) is 0 Å². The van der Waals surface area contributed by atoms with Gasteiger partial charge in [0.1, 0.15) is 11.5 Å². The molecule has 0 fully saturated rings. The summed E-state index contributed by atoms with van der Waals surface area (Å²) in [5.74, 6) is 1.79. The molecule has 172 valence electrons. The standard InChI is InChI=1S/C30H30N2O2/c1-33-27-11-7-23(8-12-27)15-17-31-19-20-32(18-16-24-9-13-28(34-2)14-10-24)30-22-26-6-4-3-5-25(26)21-29(30)31/h3-14,19-22H,15-18H2,1-2H3. The maximum atomic E-state index is 5.30. The van der Waals surface area contributed by atoms with Crippen LogP contribution in [0.5, 0.6) is 11.5 Å². The van der Waals surface area contributed by atoms with E-state index in [1.54, 1.807) is 14.2 Å². The number of nitrogens with zero attached hydrogens (tertiary/aromatic N) is 2. The Labute approximate surface area is 201 Å². The quantitative estimate of drug-likeness (QED) is 0.308. The number of benzene rings is 4. The lowest BCUT2D eigenvalue weighted by Crippen LogP contribution is -2.30. The van der Waals surface area contributed by atoms with Crippen LogP contribution in [0.25, 0.3) is 10.8 Å². The molecule has 5 rings (SSSR count). The van der Waals surface area contributed by atoms with Crippen LogP contribution in [0.1, 0.15) is 11.1 Å². The van der Waals surface area contributed by atoms with Gasteiger partial charge in [-0.3, -0.25) is 0 Å². The SMILES string of the molecule is COc1ccc(CCN2C=CN(CCc3ccc(OC)cc3)c3cc4ccccc4cc32)cc1. The predicted molar refractivity (Wildman–Crippen MR) is 141 cm³/mol. The van der Waals surface area contributed by atoms with Crippen LogP contribution in [0.15, 0.2) is 97.3 Å². The Balaban J connectivity index is 1.38. The largest absolute Gasteiger partial charge is 0.497 e. The molecule has 0 radical (unpaired) electrons. The Bertz CT molecular complexity index is 1180. The van der Waals surface area contributed by atoms with Crippen molar-refractivity contribution >= 4 is 22.1 Å². The molecule has 1 aliphatic rings. The van der Waals surface area contributed by atoms with Crippen LogP contribution in [0.3, 0.4) is 0 Å². The number of hydrogen-bond donors (Lipinski definition) is 0. The van der Waals surface area contributed by atoms with E-state index in [1.165, 1.54) is 33.3 Å². The molecule has 0 aliphatic carbocycles. The maximum Gasteiger partial charge on any atom is 0.118 e. The Kier molecular flexibility index (Phi) is 6.39. The van der Waals surface area contributed by atoms with Crippen molar-refractivity contribution < 1.29 is 9.47 Å². The lowest BCUT2D eigenvalue weighted by molar-refractivity contribution is 0.414. The molecule has 4 nitrogen and oxygen atoms in total. The molecule has 0 saturated carbocycles. The maximum absolute atomic E-state index is 5.30. The summed E-state index contributed by atoms with van der Waals surface area (Å²) in [6.45, 7) is 1.83. The van der Waals surface area contributed by atoms with Gasteiger partial charge in [0.15, 0.2) is 0 Å². The van der Waals surface area contributed by atoms with Gasteiger partial charge in [0.25, 0.3) is 0 Å². The molecule has 0 atom stereocenters. The number of rotatable bonds is 8. The minimum absolute atomic E-state index is 0.894. The van der Waals surface area contributed by atoms with Crippen LogP contribution in [0, 0.1) is 0 Å². The van der Waals surface area contributed by atoms with Crippen LogP contribution in [0.2, 0.25) is 0 Å². The summed E-state index contributed by atoms with van der Waals surface area (Å²) in [7, 11) is 3.41. The predicted octanol–water partition coefficient (Wildman–Crippen LogP) is 6.44. The number of hydrogen-bond acceptors (Lipinski definition) is 4. The van der Waals surface area contributed by atoms with Crippen molar-refractivity contribution in [3.05, 3.63) is 108 Å². The molecule has 4 heteroatoms. The Hall–Kier alpha value is -3.92. The molecule has 0 unspecified atom stereocenters. The van der Waals surface area contributed by atoms with E-state index in [0.29, 0.717) is 0 Å². The summed E-state index contributed by atoms with van der Waals surface area (Å²) in [5.41, 5.74) is 5.12. The first-order chi connectivity index (χ1) is 16.7. The summed E-state index contributed by atoms with van der Waals surface area (Å²) >= 11 is 0. The van der Waals surface area contributed by atoms with E-state index >= 15 is 0 Å². The van der Waals surface area contributed by atoms with Gasteiger partial charge in [0.05, 0.1) is 25.6 Å². The lowest BCUT2D eigenvalue weighted by atomic mass is 10.0. The number of anilines is 2. The first-order valence-corrected chi connectivity index (χ1v) is 11.7. The van der Waals surface area contributed by atoms with Crippen molar-refractivity contribution in [3.8, 4) is 11.5 Å². The van der Waals surface area contributed by atoms with Gasteiger partial charge in [-0.15, -0.1) is 0 Å². The monoisotopic (exact) mass is 450 g/mol. The summed E-state index contributed by atoms with van der Waals surface area (Å²) in [6.07, 6.45) is 6.36. The molecule has 1 aliphatic heterocycles. The second kappa shape index (κ2) is 9.92. The van der Waals surface area contributed by atoms with Crippen molar-refractivity contribution in [2.75, 3.05) is 37.1 Å². The van der Waals surface area contributed by atoms with Gasteiger partial charge in [0.2, 0.25) is 0 Å². The normalized spacial score (nSPS) is 12.6. The number of methoxy groups -OCH3 is 2. The number of fused-ring (bicyclic) bond motifs is 2. The third-order valence-electron chi connectivity index (χ3n) is 6.49. The van der Waals surface area contributed by atoms with Gasteiger partial charge in [-0.1, -0.05) is 48.5 Å². The highest BCUT2D eigenvalue weighted by atomic mass is 16.5. The molecule has 1 heterocycles. The molecule has 0 spiro atoms. The van der Waals surface area contributed by atoms with Gasteiger partial charge < -0.3 is 19.3 Å². The minimum atomic E-state index is 0.894. The molecule has 0 amide bonds. The van der Waals surface area contributed by atoms with Crippen molar-refractivity contribution in [1.82, 2.24) is 0 Å². The highest BCUT2D eigenvalue weighted by Gasteiger charge is 2.19.